The number of anilines is 1. The second-order valence-electron chi connectivity index (χ2n) is 8.30. The van der Waals surface area contributed by atoms with Crippen molar-refractivity contribution in [1.82, 2.24) is 20.2 Å². The van der Waals surface area contributed by atoms with E-state index < -0.39 is 0 Å². The van der Waals surface area contributed by atoms with E-state index in [9.17, 15) is 9.59 Å². The summed E-state index contributed by atoms with van der Waals surface area (Å²) in [4.78, 5) is 35.9. The molecule has 1 aliphatic heterocycles. The lowest BCUT2D eigenvalue weighted by molar-refractivity contribution is 0.0958. The molecule has 9 heteroatoms. The number of thiophene rings is 1. The van der Waals surface area contributed by atoms with Crippen LogP contribution in [0.1, 0.15) is 21.7 Å². The minimum Gasteiger partial charge on any atom is -0.368 e. The first-order chi connectivity index (χ1) is 15.9. The number of fused-ring (bicyclic) bond motifs is 3. The highest BCUT2D eigenvalue weighted by molar-refractivity contribution is 7.09. The number of rotatable bonds is 4. The molecule has 0 unspecified atom stereocenters. The number of aromatic nitrogens is 2. The summed E-state index contributed by atoms with van der Waals surface area (Å²) in [5.74, 6) is -0.503. The van der Waals surface area contributed by atoms with Gasteiger partial charge in [-0.25, -0.2) is 9.37 Å². The van der Waals surface area contributed by atoms with Crippen molar-refractivity contribution in [1.29, 1.82) is 0 Å². The molecular weight excluding hydrogens is 441 g/mol. The third-order valence-electron chi connectivity index (χ3n) is 6.21. The smallest absolute Gasteiger partial charge is 0.269 e. The first-order valence-corrected chi connectivity index (χ1v) is 11.8. The Bertz CT molecular complexity index is 1420. The van der Waals surface area contributed by atoms with Crippen LogP contribution in [0, 0.1) is 12.7 Å². The van der Waals surface area contributed by atoms with Gasteiger partial charge in [0.15, 0.2) is 0 Å². The fraction of sp³-hybridized carbons (Fsp3) is 0.292. The minimum absolute atomic E-state index is 0.185. The molecule has 1 saturated heterocycles. The van der Waals surface area contributed by atoms with E-state index >= 15 is 4.39 Å². The summed E-state index contributed by atoms with van der Waals surface area (Å²) in [6.45, 7) is 5.77. The van der Waals surface area contributed by atoms with Crippen LogP contribution in [0.25, 0.3) is 21.7 Å². The van der Waals surface area contributed by atoms with Gasteiger partial charge in [-0.1, -0.05) is 0 Å². The second-order valence-corrected chi connectivity index (χ2v) is 9.04. The average Bonchev–Trinajstić information content (AvgIpc) is 3.29. The number of halogens is 1. The zero-order valence-corrected chi connectivity index (χ0v) is 19.3. The van der Waals surface area contributed by atoms with Crippen LogP contribution in [0.15, 0.2) is 39.8 Å². The molecule has 0 atom stereocenters. The molecule has 2 N–H and O–H groups in total. The van der Waals surface area contributed by atoms with Crippen LogP contribution in [0.4, 0.5) is 10.1 Å². The Morgan fingerprint density at radius 3 is 2.67 bits per heavy atom. The molecular formula is C24H24FN5O2S. The summed E-state index contributed by atoms with van der Waals surface area (Å²) in [5, 5.41) is 7.85. The van der Waals surface area contributed by atoms with Gasteiger partial charge in [0.2, 0.25) is 0 Å². The number of nitrogens with zero attached hydrogens (tertiary/aromatic N) is 3. The fourth-order valence-corrected chi connectivity index (χ4v) is 5.35. The Kier molecular flexibility index (Phi) is 5.59. The van der Waals surface area contributed by atoms with Gasteiger partial charge in [-0.3, -0.25) is 14.5 Å². The number of carbonyl (C=O) groups excluding carboxylic acids is 1. The number of nitrogens with one attached hydrogen (secondary N) is 2. The number of aryl methyl sites for hydroxylation is 1. The average molecular weight is 466 g/mol. The molecule has 1 fully saturated rings. The zero-order chi connectivity index (χ0) is 23.1. The predicted molar refractivity (Wildman–Crippen MR) is 130 cm³/mol. The third kappa shape index (κ3) is 3.98. The van der Waals surface area contributed by atoms with Crippen molar-refractivity contribution >= 4 is 44.6 Å². The molecule has 33 heavy (non-hydrogen) atoms. The molecule has 5 rings (SSSR count). The Morgan fingerprint density at radius 2 is 1.94 bits per heavy atom. The van der Waals surface area contributed by atoms with Gasteiger partial charge >= 0.3 is 0 Å². The molecule has 1 amide bonds. The maximum absolute atomic E-state index is 15.0. The number of benzene rings is 1. The molecule has 4 heterocycles. The topological polar surface area (TPSA) is 81.3 Å². The fourth-order valence-electron chi connectivity index (χ4n) is 4.53. The Hall–Kier alpha value is -3.30. The van der Waals surface area contributed by atoms with Crippen molar-refractivity contribution in [2.45, 2.75) is 13.5 Å². The van der Waals surface area contributed by atoms with Gasteiger partial charge in [0.1, 0.15) is 11.5 Å². The van der Waals surface area contributed by atoms with E-state index in [0.29, 0.717) is 33.9 Å². The molecule has 170 valence electrons. The summed E-state index contributed by atoms with van der Waals surface area (Å²) in [5.41, 5.74) is 3.45. The number of piperazine rings is 1. The number of hydrogen-bond donors (Lipinski definition) is 2. The lowest BCUT2D eigenvalue weighted by Gasteiger charge is -2.36. The van der Waals surface area contributed by atoms with Gasteiger partial charge < -0.3 is 15.2 Å². The molecule has 7 nitrogen and oxygen atoms in total. The summed E-state index contributed by atoms with van der Waals surface area (Å²) < 4.78 is 15.0. The molecule has 0 radical (unpaired) electrons. The number of carbonyl (C=O) groups is 1. The monoisotopic (exact) mass is 465 g/mol. The van der Waals surface area contributed by atoms with Crippen molar-refractivity contribution in [3.8, 4) is 0 Å². The summed E-state index contributed by atoms with van der Waals surface area (Å²) >= 11 is 1.40. The molecule has 1 aliphatic rings. The molecule has 1 aromatic carbocycles. The number of aromatic amines is 1. The van der Waals surface area contributed by atoms with E-state index in [0.717, 1.165) is 43.1 Å². The lowest BCUT2D eigenvalue weighted by Crippen LogP contribution is -2.46. The Balaban J connectivity index is 1.31. The molecule has 4 aromatic rings. The summed E-state index contributed by atoms with van der Waals surface area (Å²) in [6, 6.07) is 7.16. The van der Waals surface area contributed by atoms with Crippen molar-refractivity contribution in [2.24, 2.45) is 0 Å². The van der Waals surface area contributed by atoms with E-state index in [2.05, 4.69) is 25.1 Å². The number of pyridine rings is 2. The van der Waals surface area contributed by atoms with Crippen LogP contribution >= 0.6 is 11.3 Å². The number of hydrogen-bond acceptors (Lipinski definition) is 6. The third-order valence-corrected chi connectivity index (χ3v) is 6.95. The number of H-pyrrole nitrogens is 1. The van der Waals surface area contributed by atoms with Crippen molar-refractivity contribution in [3.05, 3.63) is 68.1 Å². The van der Waals surface area contributed by atoms with Gasteiger partial charge in [-0.05, 0) is 42.1 Å². The Labute approximate surface area is 193 Å². The highest BCUT2D eigenvalue weighted by Gasteiger charge is 2.21. The molecule has 0 bridgehead atoms. The first kappa shape index (κ1) is 21.5. The van der Waals surface area contributed by atoms with Crippen molar-refractivity contribution < 1.29 is 9.18 Å². The van der Waals surface area contributed by atoms with Crippen LogP contribution in [-0.4, -0.2) is 54.0 Å². The predicted octanol–water partition coefficient (Wildman–Crippen LogP) is 3.27. The normalized spacial score (nSPS) is 14.8. The SMILES string of the molecule is CNC(=O)c1ccc(N2CCN(Cc3cc(F)c4c(c3)[nH]c(=O)c3cscc34)CC2)c(C)n1. The molecule has 0 aliphatic carbocycles. The standard InChI is InChI=1S/C24H24FN5O2S/c1-14-21(4-3-19(27-14)24(32)26-2)30-7-5-29(6-8-30)11-15-9-18(25)22-16-12-33-13-17(16)23(31)28-20(22)10-15/h3-4,9-10,12-13H,5-8,11H2,1-2H3,(H,26,32)(H,28,31). The molecule has 0 spiro atoms. The van der Waals surface area contributed by atoms with E-state index in [1.165, 1.54) is 11.3 Å². The van der Waals surface area contributed by atoms with Gasteiger partial charge in [-0.15, -0.1) is 0 Å². The largest absolute Gasteiger partial charge is 0.368 e. The lowest BCUT2D eigenvalue weighted by atomic mass is 10.1. The quantitative estimate of drug-likeness (QED) is 0.484. The van der Waals surface area contributed by atoms with E-state index in [1.54, 1.807) is 24.6 Å². The van der Waals surface area contributed by atoms with Crippen LogP contribution in [0.3, 0.4) is 0 Å². The van der Waals surface area contributed by atoms with Crippen LogP contribution < -0.4 is 15.8 Å². The van der Waals surface area contributed by atoms with Gasteiger partial charge in [0, 0.05) is 55.9 Å². The van der Waals surface area contributed by atoms with Crippen molar-refractivity contribution in [2.75, 3.05) is 38.1 Å². The Morgan fingerprint density at radius 1 is 1.18 bits per heavy atom. The van der Waals surface area contributed by atoms with Crippen LogP contribution in [-0.2, 0) is 6.54 Å². The van der Waals surface area contributed by atoms with E-state index in [1.807, 2.05) is 24.4 Å². The van der Waals surface area contributed by atoms with Crippen molar-refractivity contribution in [3.63, 3.8) is 0 Å². The maximum atomic E-state index is 15.0. The highest BCUT2D eigenvalue weighted by atomic mass is 32.1. The zero-order valence-electron chi connectivity index (χ0n) is 18.4. The summed E-state index contributed by atoms with van der Waals surface area (Å²) in [6.07, 6.45) is 0. The second kappa shape index (κ2) is 8.57. The maximum Gasteiger partial charge on any atom is 0.269 e. The van der Waals surface area contributed by atoms with E-state index in [4.69, 9.17) is 0 Å². The van der Waals surface area contributed by atoms with Crippen LogP contribution in [0.5, 0.6) is 0 Å². The summed E-state index contributed by atoms with van der Waals surface area (Å²) in [7, 11) is 1.59. The molecule has 3 aromatic heterocycles. The first-order valence-electron chi connectivity index (χ1n) is 10.8. The van der Waals surface area contributed by atoms with Gasteiger partial charge in [0.05, 0.1) is 22.3 Å². The van der Waals surface area contributed by atoms with E-state index in [-0.39, 0.29) is 17.3 Å². The number of amides is 1. The highest BCUT2D eigenvalue weighted by Crippen LogP contribution is 2.28. The van der Waals surface area contributed by atoms with Crippen LogP contribution in [0.2, 0.25) is 0 Å². The molecule has 0 saturated carbocycles. The van der Waals surface area contributed by atoms with Gasteiger partial charge in [-0.2, -0.15) is 11.3 Å². The minimum atomic E-state index is -0.307. The van der Waals surface area contributed by atoms with Gasteiger partial charge in [0.25, 0.3) is 11.5 Å².